The molecule has 1 fully saturated rings. The summed E-state index contributed by atoms with van der Waals surface area (Å²) in [4.78, 5) is 6.89. The van der Waals surface area contributed by atoms with Gasteiger partial charge in [-0.15, -0.1) is 0 Å². The van der Waals surface area contributed by atoms with Crippen LogP contribution in [0.2, 0.25) is 0 Å². The number of aromatic nitrogens is 1. The number of aliphatic hydroxyl groups excluding tert-OH is 1. The lowest BCUT2D eigenvalue weighted by atomic mass is 10.1. The number of aryl methyl sites for hydroxylation is 1. The van der Waals surface area contributed by atoms with Crippen molar-refractivity contribution in [2.24, 2.45) is 0 Å². The quantitative estimate of drug-likeness (QED) is 0.915. The van der Waals surface area contributed by atoms with Crippen molar-refractivity contribution < 1.29 is 9.52 Å². The molecule has 1 aromatic carbocycles. The number of para-hydroxylation sites is 2. The van der Waals surface area contributed by atoms with Crippen LogP contribution in [0.3, 0.4) is 0 Å². The van der Waals surface area contributed by atoms with Gasteiger partial charge in [0.05, 0.1) is 6.10 Å². The van der Waals surface area contributed by atoms with Gasteiger partial charge in [-0.25, -0.2) is 4.98 Å². The van der Waals surface area contributed by atoms with Gasteiger partial charge in [0.15, 0.2) is 11.5 Å². The first kappa shape index (κ1) is 12.6. The zero-order valence-electron chi connectivity index (χ0n) is 11.1. The van der Waals surface area contributed by atoms with Crippen molar-refractivity contribution in [2.75, 3.05) is 19.6 Å². The number of likely N-dealkylation sites (tertiary alicyclic amines) is 1. The van der Waals surface area contributed by atoms with Crippen molar-refractivity contribution in [1.82, 2.24) is 9.88 Å². The lowest BCUT2D eigenvalue weighted by Crippen LogP contribution is -2.36. The minimum atomic E-state index is -0.0895. The van der Waals surface area contributed by atoms with Crippen LogP contribution >= 0.6 is 0 Å². The van der Waals surface area contributed by atoms with Gasteiger partial charge in [0.25, 0.3) is 0 Å². The number of oxazole rings is 1. The number of hydrogen-bond donors (Lipinski definition) is 1. The summed E-state index contributed by atoms with van der Waals surface area (Å²) in [7, 11) is 0. The van der Waals surface area contributed by atoms with Crippen molar-refractivity contribution in [3.05, 3.63) is 30.2 Å². The Balaban J connectivity index is 1.49. The molecule has 0 aliphatic carbocycles. The van der Waals surface area contributed by atoms with Crippen LogP contribution in [-0.4, -0.2) is 40.7 Å². The molecule has 3 rings (SSSR count). The SMILES string of the molecule is OC1CCN(CCCc2nc3ccccc3o2)CC1. The van der Waals surface area contributed by atoms with E-state index in [1.54, 1.807) is 0 Å². The fourth-order valence-electron chi connectivity index (χ4n) is 2.62. The van der Waals surface area contributed by atoms with E-state index in [-0.39, 0.29) is 6.10 Å². The second-order valence-electron chi connectivity index (χ2n) is 5.25. The first-order chi connectivity index (χ1) is 9.31. The van der Waals surface area contributed by atoms with Gasteiger partial charge in [0, 0.05) is 19.5 Å². The van der Waals surface area contributed by atoms with Gasteiger partial charge in [-0.2, -0.15) is 0 Å². The standard InChI is InChI=1S/C15H20N2O2/c18-12-7-10-17(11-8-12)9-3-6-15-16-13-4-1-2-5-14(13)19-15/h1-2,4-5,12,18H,3,6-11H2. The van der Waals surface area contributed by atoms with Crippen LogP contribution in [0.15, 0.2) is 28.7 Å². The molecule has 4 heteroatoms. The third kappa shape index (κ3) is 3.14. The normalized spacial score (nSPS) is 18.2. The molecule has 0 unspecified atom stereocenters. The molecule has 0 amide bonds. The first-order valence-corrected chi connectivity index (χ1v) is 7.06. The van der Waals surface area contributed by atoms with E-state index < -0.39 is 0 Å². The maximum absolute atomic E-state index is 9.46. The summed E-state index contributed by atoms with van der Waals surface area (Å²) in [6.07, 6.45) is 3.66. The van der Waals surface area contributed by atoms with Crippen molar-refractivity contribution in [2.45, 2.75) is 31.8 Å². The molecule has 1 aliphatic heterocycles. The van der Waals surface area contributed by atoms with Crippen molar-refractivity contribution in [1.29, 1.82) is 0 Å². The maximum atomic E-state index is 9.46. The van der Waals surface area contributed by atoms with E-state index in [0.29, 0.717) is 0 Å². The maximum Gasteiger partial charge on any atom is 0.195 e. The van der Waals surface area contributed by atoms with Crippen molar-refractivity contribution >= 4 is 11.1 Å². The third-order valence-electron chi connectivity index (χ3n) is 3.76. The van der Waals surface area contributed by atoms with Crippen LogP contribution in [0, 0.1) is 0 Å². The molecule has 1 aromatic heterocycles. The predicted octanol–water partition coefficient (Wildman–Crippen LogP) is 2.22. The molecule has 4 nitrogen and oxygen atoms in total. The molecule has 0 bridgehead atoms. The predicted molar refractivity (Wildman–Crippen MR) is 74.0 cm³/mol. The Labute approximate surface area is 113 Å². The highest BCUT2D eigenvalue weighted by Gasteiger charge is 2.16. The van der Waals surface area contributed by atoms with Gasteiger partial charge in [-0.1, -0.05) is 12.1 Å². The smallest absolute Gasteiger partial charge is 0.195 e. The zero-order valence-corrected chi connectivity index (χ0v) is 11.1. The fraction of sp³-hybridized carbons (Fsp3) is 0.533. The van der Waals surface area contributed by atoms with Crippen LogP contribution in [0.25, 0.3) is 11.1 Å². The highest BCUT2D eigenvalue weighted by atomic mass is 16.3. The summed E-state index contributed by atoms with van der Waals surface area (Å²) >= 11 is 0. The number of piperidine rings is 1. The van der Waals surface area contributed by atoms with Gasteiger partial charge in [-0.3, -0.25) is 0 Å². The molecule has 2 aromatic rings. The zero-order chi connectivity index (χ0) is 13.1. The molecule has 0 radical (unpaired) electrons. The largest absolute Gasteiger partial charge is 0.441 e. The Morgan fingerprint density at radius 2 is 2.05 bits per heavy atom. The number of nitrogens with zero attached hydrogens (tertiary/aromatic N) is 2. The molecular weight excluding hydrogens is 240 g/mol. The molecule has 1 aliphatic rings. The molecular formula is C15H20N2O2. The van der Waals surface area contributed by atoms with E-state index in [2.05, 4.69) is 9.88 Å². The summed E-state index contributed by atoms with van der Waals surface area (Å²) in [5.41, 5.74) is 1.82. The van der Waals surface area contributed by atoms with Crippen molar-refractivity contribution in [3.63, 3.8) is 0 Å². The monoisotopic (exact) mass is 260 g/mol. The van der Waals surface area contributed by atoms with Crippen LogP contribution in [0.5, 0.6) is 0 Å². The molecule has 2 heterocycles. The van der Waals surface area contributed by atoms with E-state index in [1.165, 1.54) is 0 Å². The van der Waals surface area contributed by atoms with Crippen LogP contribution in [-0.2, 0) is 6.42 Å². The Kier molecular flexibility index (Phi) is 3.80. The summed E-state index contributed by atoms with van der Waals surface area (Å²) in [5, 5.41) is 9.46. The van der Waals surface area contributed by atoms with E-state index in [0.717, 1.165) is 62.3 Å². The second-order valence-corrected chi connectivity index (χ2v) is 5.25. The van der Waals surface area contributed by atoms with Gasteiger partial charge in [-0.05, 0) is 37.9 Å². The number of benzene rings is 1. The number of fused-ring (bicyclic) bond motifs is 1. The van der Waals surface area contributed by atoms with Gasteiger partial charge < -0.3 is 14.4 Å². The van der Waals surface area contributed by atoms with E-state index in [4.69, 9.17) is 4.42 Å². The molecule has 1 saturated heterocycles. The highest BCUT2D eigenvalue weighted by Crippen LogP contribution is 2.16. The fourth-order valence-corrected chi connectivity index (χ4v) is 2.62. The van der Waals surface area contributed by atoms with Crippen LogP contribution in [0.4, 0.5) is 0 Å². The Hall–Kier alpha value is -1.39. The minimum Gasteiger partial charge on any atom is -0.441 e. The van der Waals surface area contributed by atoms with Crippen molar-refractivity contribution in [3.8, 4) is 0 Å². The molecule has 0 atom stereocenters. The van der Waals surface area contributed by atoms with Crippen LogP contribution < -0.4 is 0 Å². The number of aliphatic hydroxyl groups is 1. The molecule has 19 heavy (non-hydrogen) atoms. The summed E-state index contributed by atoms with van der Waals surface area (Å²) in [6, 6.07) is 7.89. The summed E-state index contributed by atoms with van der Waals surface area (Å²) < 4.78 is 5.70. The van der Waals surface area contributed by atoms with Gasteiger partial charge >= 0.3 is 0 Å². The minimum absolute atomic E-state index is 0.0895. The molecule has 1 N–H and O–H groups in total. The van der Waals surface area contributed by atoms with E-state index in [9.17, 15) is 5.11 Å². The molecule has 102 valence electrons. The van der Waals surface area contributed by atoms with Gasteiger partial charge in [0.2, 0.25) is 0 Å². The highest BCUT2D eigenvalue weighted by molar-refractivity contribution is 5.72. The first-order valence-electron chi connectivity index (χ1n) is 7.06. The molecule has 0 spiro atoms. The van der Waals surface area contributed by atoms with Crippen LogP contribution in [0.1, 0.15) is 25.2 Å². The number of hydrogen-bond acceptors (Lipinski definition) is 4. The number of rotatable bonds is 4. The lowest BCUT2D eigenvalue weighted by Gasteiger charge is -2.29. The summed E-state index contributed by atoms with van der Waals surface area (Å²) in [6.45, 7) is 3.08. The average molecular weight is 260 g/mol. The van der Waals surface area contributed by atoms with E-state index in [1.807, 2.05) is 24.3 Å². The average Bonchev–Trinajstić information content (AvgIpc) is 2.83. The second kappa shape index (κ2) is 5.72. The van der Waals surface area contributed by atoms with E-state index >= 15 is 0 Å². The Morgan fingerprint density at radius 3 is 2.84 bits per heavy atom. The lowest BCUT2D eigenvalue weighted by molar-refractivity contribution is 0.0819. The summed E-state index contributed by atoms with van der Waals surface area (Å²) in [5.74, 6) is 0.832. The topological polar surface area (TPSA) is 49.5 Å². The van der Waals surface area contributed by atoms with Gasteiger partial charge in [0.1, 0.15) is 5.52 Å². The third-order valence-corrected chi connectivity index (χ3v) is 3.76. The Morgan fingerprint density at radius 1 is 1.26 bits per heavy atom. The Bertz CT molecular complexity index is 497. The molecule has 0 saturated carbocycles.